The van der Waals surface area contributed by atoms with Crippen molar-refractivity contribution < 1.29 is 9.59 Å². The van der Waals surface area contributed by atoms with Gasteiger partial charge in [-0.05, 0) is 31.9 Å². The molecule has 19 heavy (non-hydrogen) atoms. The highest BCUT2D eigenvalue weighted by molar-refractivity contribution is 5.93. The van der Waals surface area contributed by atoms with Crippen molar-refractivity contribution in [2.75, 3.05) is 18.0 Å². The number of rotatable bonds is 4. The molecular weight excluding hydrogens is 240 g/mol. The summed E-state index contributed by atoms with van der Waals surface area (Å²) in [4.78, 5) is 24.4. The van der Waals surface area contributed by atoms with Crippen molar-refractivity contribution in [3.05, 3.63) is 28.8 Å². The Morgan fingerprint density at radius 1 is 1.11 bits per heavy atom. The molecule has 0 unspecified atom stereocenters. The van der Waals surface area contributed by atoms with Crippen LogP contribution >= 0.6 is 0 Å². The summed E-state index contributed by atoms with van der Waals surface area (Å²) >= 11 is 0. The van der Waals surface area contributed by atoms with Gasteiger partial charge in [0.25, 0.3) is 0 Å². The van der Waals surface area contributed by atoms with Crippen LogP contribution in [-0.4, -0.2) is 24.9 Å². The predicted octanol–water partition coefficient (Wildman–Crippen LogP) is 2.10. The van der Waals surface area contributed by atoms with Crippen LogP contribution in [0.4, 0.5) is 5.69 Å². The molecule has 1 aromatic carbocycles. The molecule has 0 fully saturated rings. The number of hydrogen-bond acceptors (Lipinski definition) is 2. The molecule has 1 aromatic rings. The Kier molecular flexibility index (Phi) is 5.10. The smallest absolute Gasteiger partial charge is 0.223 e. The average molecular weight is 262 g/mol. The van der Waals surface area contributed by atoms with E-state index in [0.29, 0.717) is 13.1 Å². The minimum atomic E-state index is -0.0825. The van der Waals surface area contributed by atoms with E-state index >= 15 is 0 Å². The fraction of sp³-hybridized carbons (Fsp3) is 0.467. The van der Waals surface area contributed by atoms with Crippen molar-refractivity contribution in [1.82, 2.24) is 5.32 Å². The van der Waals surface area contributed by atoms with Crippen LogP contribution in [0.15, 0.2) is 12.1 Å². The Bertz CT molecular complexity index is 472. The van der Waals surface area contributed by atoms with Crippen molar-refractivity contribution in [2.45, 2.75) is 34.6 Å². The lowest BCUT2D eigenvalue weighted by Gasteiger charge is -2.25. The molecule has 0 aliphatic heterocycles. The van der Waals surface area contributed by atoms with E-state index in [9.17, 15) is 9.59 Å². The summed E-state index contributed by atoms with van der Waals surface area (Å²) in [7, 11) is 0. The van der Waals surface area contributed by atoms with Crippen LogP contribution in [0.1, 0.15) is 30.5 Å². The van der Waals surface area contributed by atoms with Gasteiger partial charge in [-0.15, -0.1) is 0 Å². The highest BCUT2D eigenvalue weighted by Crippen LogP contribution is 2.26. The lowest BCUT2D eigenvalue weighted by molar-refractivity contribution is -0.119. The summed E-state index contributed by atoms with van der Waals surface area (Å²) in [5, 5.41) is 2.72. The molecule has 0 atom stereocenters. The summed E-state index contributed by atoms with van der Waals surface area (Å²) < 4.78 is 0. The highest BCUT2D eigenvalue weighted by atomic mass is 16.2. The first-order chi connectivity index (χ1) is 8.82. The van der Waals surface area contributed by atoms with Gasteiger partial charge in [0.2, 0.25) is 11.8 Å². The second-order valence-electron chi connectivity index (χ2n) is 4.90. The zero-order chi connectivity index (χ0) is 14.6. The zero-order valence-corrected chi connectivity index (χ0v) is 12.3. The molecule has 1 N–H and O–H groups in total. The maximum atomic E-state index is 11.8. The van der Waals surface area contributed by atoms with Gasteiger partial charge in [-0.1, -0.05) is 17.7 Å². The van der Waals surface area contributed by atoms with Crippen molar-refractivity contribution in [1.29, 1.82) is 0 Å². The second-order valence-corrected chi connectivity index (χ2v) is 4.90. The first kappa shape index (κ1) is 15.2. The minimum absolute atomic E-state index is 0.0135. The molecule has 104 valence electrons. The van der Waals surface area contributed by atoms with Gasteiger partial charge in [0, 0.05) is 32.6 Å². The third-order valence-electron chi connectivity index (χ3n) is 2.99. The maximum absolute atomic E-state index is 11.8. The van der Waals surface area contributed by atoms with Crippen LogP contribution in [-0.2, 0) is 9.59 Å². The number of hydrogen-bond donors (Lipinski definition) is 1. The van der Waals surface area contributed by atoms with Crippen LogP contribution in [0.3, 0.4) is 0 Å². The highest BCUT2D eigenvalue weighted by Gasteiger charge is 2.16. The molecule has 4 heteroatoms. The van der Waals surface area contributed by atoms with Gasteiger partial charge in [0.15, 0.2) is 0 Å². The Balaban J connectivity index is 3.00. The van der Waals surface area contributed by atoms with Crippen molar-refractivity contribution >= 4 is 17.5 Å². The standard InChI is InChI=1S/C15H22N2O2/c1-10-8-11(2)15(12(3)9-10)17(14(5)19)7-6-16-13(4)18/h8-9H,6-7H2,1-5H3,(H,16,18). The SMILES string of the molecule is CC(=O)NCCN(C(C)=O)c1c(C)cc(C)cc1C. The van der Waals surface area contributed by atoms with Crippen molar-refractivity contribution in [2.24, 2.45) is 0 Å². The predicted molar refractivity (Wildman–Crippen MR) is 77.4 cm³/mol. The van der Waals surface area contributed by atoms with Gasteiger partial charge < -0.3 is 10.2 Å². The topological polar surface area (TPSA) is 49.4 Å². The molecule has 0 bridgehead atoms. The molecule has 4 nitrogen and oxygen atoms in total. The second kappa shape index (κ2) is 6.36. The van der Waals surface area contributed by atoms with E-state index in [0.717, 1.165) is 16.8 Å². The van der Waals surface area contributed by atoms with E-state index in [4.69, 9.17) is 0 Å². The van der Waals surface area contributed by atoms with E-state index < -0.39 is 0 Å². The molecule has 0 aliphatic rings. The third kappa shape index (κ3) is 4.09. The normalized spacial score (nSPS) is 10.2. The molecule has 0 radical (unpaired) electrons. The molecule has 0 saturated carbocycles. The Labute approximate surface area is 114 Å². The lowest BCUT2D eigenvalue weighted by Crippen LogP contribution is -2.37. The van der Waals surface area contributed by atoms with E-state index in [1.54, 1.807) is 11.8 Å². The van der Waals surface area contributed by atoms with E-state index in [-0.39, 0.29) is 11.8 Å². The Morgan fingerprint density at radius 2 is 1.63 bits per heavy atom. The molecule has 0 spiro atoms. The summed E-state index contributed by atoms with van der Waals surface area (Å²) in [6, 6.07) is 4.13. The van der Waals surface area contributed by atoms with Crippen LogP contribution < -0.4 is 10.2 Å². The molecule has 0 aromatic heterocycles. The Hall–Kier alpha value is -1.84. The van der Waals surface area contributed by atoms with Gasteiger partial charge in [0.1, 0.15) is 0 Å². The van der Waals surface area contributed by atoms with Gasteiger partial charge in [0.05, 0.1) is 0 Å². The number of carbonyl (C=O) groups is 2. The van der Waals surface area contributed by atoms with Crippen molar-refractivity contribution in [3.8, 4) is 0 Å². The Morgan fingerprint density at radius 3 is 2.05 bits per heavy atom. The summed E-state index contributed by atoms with van der Waals surface area (Å²) in [6.45, 7) is 10.0. The number of benzene rings is 1. The van der Waals surface area contributed by atoms with Gasteiger partial charge in [-0.2, -0.15) is 0 Å². The van der Waals surface area contributed by atoms with Crippen LogP contribution in [0, 0.1) is 20.8 Å². The molecule has 1 rings (SSSR count). The molecular formula is C15H22N2O2. The van der Waals surface area contributed by atoms with Crippen LogP contribution in [0.25, 0.3) is 0 Å². The fourth-order valence-corrected chi connectivity index (χ4v) is 2.37. The number of nitrogens with zero attached hydrogens (tertiary/aromatic N) is 1. The van der Waals surface area contributed by atoms with Gasteiger partial charge >= 0.3 is 0 Å². The number of carbonyl (C=O) groups excluding carboxylic acids is 2. The monoisotopic (exact) mass is 262 g/mol. The molecule has 0 aliphatic carbocycles. The lowest BCUT2D eigenvalue weighted by atomic mass is 10.0. The number of aryl methyl sites for hydroxylation is 3. The number of nitrogens with one attached hydrogen (secondary N) is 1. The fourth-order valence-electron chi connectivity index (χ4n) is 2.37. The quantitative estimate of drug-likeness (QED) is 0.903. The number of amides is 2. The van der Waals surface area contributed by atoms with Gasteiger partial charge in [-0.3, -0.25) is 9.59 Å². The summed E-state index contributed by atoms with van der Waals surface area (Å²) in [6.07, 6.45) is 0. The van der Waals surface area contributed by atoms with E-state index in [2.05, 4.69) is 17.4 Å². The summed E-state index contributed by atoms with van der Waals surface area (Å²) in [5.74, 6) is -0.0961. The third-order valence-corrected chi connectivity index (χ3v) is 2.99. The molecule has 0 heterocycles. The number of anilines is 1. The summed E-state index contributed by atoms with van der Waals surface area (Å²) in [5.41, 5.74) is 4.29. The van der Waals surface area contributed by atoms with E-state index in [1.165, 1.54) is 12.5 Å². The van der Waals surface area contributed by atoms with Crippen LogP contribution in [0.2, 0.25) is 0 Å². The largest absolute Gasteiger partial charge is 0.355 e. The molecule has 0 saturated heterocycles. The van der Waals surface area contributed by atoms with E-state index in [1.807, 2.05) is 20.8 Å². The zero-order valence-electron chi connectivity index (χ0n) is 12.3. The average Bonchev–Trinajstić information content (AvgIpc) is 2.24. The first-order valence-electron chi connectivity index (χ1n) is 6.43. The minimum Gasteiger partial charge on any atom is -0.355 e. The molecule has 2 amide bonds. The first-order valence-corrected chi connectivity index (χ1v) is 6.43. The van der Waals surface area contributed by atoms with Gasteiger partial charge in [-0.25, -0.2) is 0 Å². The maximum Gasteiger partial charge on any atom is 0.223 e. The van der Waals surface area contributed by atoms with Crippen molar-refractivity contribution in [3.63, 3.8) is 0 Å². The van der Waals surface area contributed by atoms with Crippen LogP contribution in [0.5, 0.6) is 0 Å².